The van der Waals surface area contributed by atoms with Crippen LogP contribution in [-0.4, -0.2) is 47.3 Å². The molecule has 0 bridgehead atoms. The van der Waals surface area contributed by atoms with E-state index in [1.165, 1.54) is 0 Å². The molecule has 0 N–H and O–H groups in total. The molecule has 3 rings (SSSR count). The highest BCUT2D eigenvalue weighted by molar-refractivity contribution is 5.94. The summed E-state index contributed by atoms with van der Waals surface area (Å²) in [6, 6.07) is 9.57. The normalized spacial score (nSPS) is 26.5. The zero-order valence-electron chi connectivity index (χ0n) is 11.1. The number of hydrogen-bond acceptors (Lipinski definition) is 2. The minimum Gasteiger partial charge on any atom is -0.336 e. The Hall–Kier alpha value is -1.84. The smallest absolute Gasteiger partial charge is 0.253 e. The lowest BCUT2D eigenvalue weighted by Crippen LogP contribution is -2.53. The second-order valence-electron chi connectivity index (χ2n) is 5.44. The lowest BCUT2D eigenvalue weighted by Gasteiger charge is -2.37. The van der Waals surface area contributed by atoms with E-state index in [0.717, 1.165) is 12.0 Å². The first-order valence-electron chi connectivity index (χ1n) is 6.81. The largest absolute Gasteiger partial charge is 0.336 e. The van der Waals surface area contributed by atoms with Gasteiger partial charge >= 0.3 is 0 Å². The van der Waals surface area contributed by atoms with Crippen molar-refractivity contribution in [3.63, 3.8) is 0 Å². The first-order valence-corrected chi connectivity index (χ1v) is 6.81. The first kappa shape index (κ1) is 12.2. The number of hydrogen-bond donors (Lipinski definition) is 0. The molecule has 0 spiro atoms. The van der Waals surface area contributed by atoms with Gasteiger partial charge in [-0.05, 0) is 18.6 Å². The molecule has 0 radical (unpaired) electrons. The Labute approximate surface area is 113 Å². The van der Waals surface area contributed by atoms with Gasteiger partial charge in [-0.25, -0.2) is 0 Å². The summed E-state index contributed by atoms with van der Waals surface area (Å²) in [6.45, 7) is 3.96. The molecule has 0 unspecified atom stereocenters. The molecule has 2 saturated heterocycles. The van der Waals surface area contributed by atoms with Gasteiger partial charge in [0, 0.05) is 31.1 Å². The molecule has 4 nitrogen and oxygen atoms in total. The number of piperazine rings is 1. The van der Waals surface area contributed by atoms with Crippen molar-refractivity contribution in [3.05, 3.63) is 35.9 Å². The van der Waals surface area contributed by atoms with Crippen LogP contribution < -0.4 is 0 Å². The summed E-state index contributed by atoms with van der Waals surface area (Å²) in [5, 5.41) is 0. The average molecular weight is 258 g/mol. The van der Waals surface area contributed by atoms with Crippen LogP contribution in [0.1, 0.15) is 23.7 Å². The second-order valence-corrected chi connectivity index (χ2v) is 5.44. The van der Waals surface area contributed by atoms with Crippen LogP contribution >= 0.6 is 0 Å². The Bertz CT molecular complexity index is 500. The number of fused-ring (bicyclic) bond motifs is 1. The Balaban J connectivity index is 1.72. The van der Waals surface area contributed by atoms with Gasteiger partial charge in [-0.2, -0.15) is 0 Å². The fraction of sp³-hybridized carbons (Fsp3) is 0.467. The maximum Gasteiger partial charge on any atom is 0.253 e. The van der Waals surface area contributed by atoms with Crippen molar-refractivity contribution < 1.29 is 9.59 Å². The minimum atomic E-state index is 0.0762. The van der Waals surface area contributed by atoms with Gasteiger partial charge in [-0.3, -0.25) is 9.59 Å². The summed E-state index contributed by atoms with van der Waals surface area (Å²) in [5.74, 6) is 0.431. The number of nitrogens with zero attached hydrogens (tertiary/aromatic N) is 2. The van der Waals surface area contributed by atoms with Crippen LogP contribution in [0.5, 0.6) is 0 Å². The number of carbonyl (C=O) groups is 2. The topological polar surface area (TPSA) is 40.6 Å². The van der Waals surface area contributed by atoms with E-state index in [9.17, 15) is 9.59 Å². The number of rotatable bonds is 1. The SMILES string of the molecule is C[C@H]1C[C@@H]2CN(C(=O)c3ccccc3)CCN2C1=O. The Morgan fingerprint density at radius 3 is 2.68 bits per heavy atom. The molecule has 0 aromatic heterocycles. The predicted molar refractivity (Wildman–Crippen MR) is 71.6 cm³/mol. The Kier molecular flexibility index (Phi) is 3.01. The van der Waals surface area contributed by atoms with E-state index in [0.29, 0.717) is 19.6 Å². The summed E-state index contributed by atoms with van der Waals surface area (Å²) in [5.41, 5.74) is 0.730. The molecule has 0 saturated carbocycles. The molecule has 1 aromatic carbocycles. The number of benzene rings is 1. The second kappa shape index (κ2) is 4.68. The molecule has 100 valence electrons. The van der Waals surface area contributed by atoms with Crippen molar-refractivity contribution in [1.82, 2.24) is 9.80 Å². The van der Waals surface area contributed by atoms with E-state index in [2.05, 4.69) is 0 Å². The highest BCUT2D eigenvalue weighted by Crippen LogP contribution is 2.27. The monoisotopic (exact) mass is 258 g/mol. The van der Waals surface area contributed by atoms with Crippen LogP contribution in [0.2, 0.25) is 0 Å². The van der Waals surface area contributed by atoms with Crippen LogP contribution in [-0.2, 0) is 4.79 Å². The molecule has 2 heterocycles. The maximum atomic E-state index is 12.4. The molecule has 4 heteroatoms. The third-order valence-electron chi connectivity index (χ3n) is 4.12. The van der Waals surface area contributed by atoms with Crippen LogP contribution in [0.25, 0.3) is 0 Å². The number of amides is 2. The summed E-state index contributed by atoms with van der Waals surface area (Å²) in [4.78, 5) is 28.1. The van der Waals surface area contributed by atoms with Crippen LogP contribution in [0.3, 0.4) is 0 Å². The van der Waals surface area contributed by atoms with Gasteiger partial charge in [0.05, 0.1) is 6.04 Å². The van der Waals surface area contributed by atoms with E-state index in [1.54, 1.807) is 0 Å². The average Bonchev–Trinajstić information content (AvgIpc) is 2.74. The highest BCUT2D eigenvalue weighted by atomic mass is 16.2. The summed E-state index contributed by atoms with van der Waals surface area (Å²) >= 11 is 0. The molecule has 2 aliphatic rings. The third-order valence-corrected chi connectivity index (χ3v) is 4.12. The zero-order valence-corrected chi connectivity index (χ0v) is 11.1. The molecular weight excluding hydrogens is 240 g/mol. The number of carbonyl (C=O) groups excluding carboxylic acids is 2. The Morgan fingerprint density at radius 2 is 1.95 bits per heavy atom. The highest BCUT2D eigenvalue weighted by Gasteiger charge is 2.41. The van der Waals surface area contributed by atoms with Crippen LogP contribution in [0.4, 0.5) is 0 Å². The zero-order chi connectivity index (χ0) is 13.4. The predicted octanol–water partition coefficient (Wildman–Crippen LogP) is 1.38. The van der Waals surface area contributed by atoms with Gasteiger partial charge in [0.1, 0.15) is 0 Å². The molecule has 2 atom stereocenters. The third kappa shape index (κ3) is 2.11. The lowest BCUT2D eigenvalue weighted by atomic mass is 10.1. The van der Waals surface area contributed by atoms with E-state index < -0.39 is 0 Å². The molecular formula is C15H18N2O2. The van der Waals surface area contributed by atoms with Crippen molar-refractivity contribution in [3.8, 4) is 0 Å². The van der Waals surface area contributed by atoms with Crippen LogP contribution in [0.15, 0.2) is 30.3 Å². The Morgan fingerprint density at radius 1 is 1.21 bits per heavy atom. The molecule has 2 aliphatic heterocycles. The van der Waals surface area contributed by atoms with Gasteiger partial charge in [0.15, 0.2) is 0 Å². The van der Waals surface area contributed by atoms with Crippen LogP contribution in [0, 0.1) is 5.92 Å². The quantitative estimate of drug-likeness (QED) is 0.763. The summed E-state index contributed by atoms with van der Waals surface area (Å²) in [6.07, 6.45) is 0.872. The molecule has 0 aliphatic carbocycles. The van der Waals surface area contributed by atoms with Gasteiger partial charge in [-0.1, -0.05) is 25.1 Å². The van der Waals surface area contributed by atoms with Gasteiger partial charge in [-0.15, -0.1) is 0 Å². The first-order chi connectivity index (χ1) is 9.16. The van der Waals surface area contributed by atoms with Crippen molar-refractivity contribution in [2.24, 2.45) is 5.92 Å². The fourth-order valence-electron chi connectivity index (χ4n) is 3.09. The van der Waals surface area contributed by atoms with Gasteiger partial charge in [0.2, 0.25) is 5.91 Å². The van der Waals surface area contributed by atoms with Crippen molar-refractivity contribution in [2.75, 3.05) is 19.6 Å². The maximum absolute atomic E-state index is 12.4. The van der Waals surface area contributed by atoms with Gasteiger partial charge in [0.25, 0.3) is 5.91 Å². The summed E-state index contributed by atoms with van der Waals surface area (Å²) < 4.78 is 0. The molecule has 2 amide bonds. The molecule has 2 fully saturated rings. The van der Waals surface area contributed by atoms with E-state index in [-0.39, 0.29) is 23.8 Å². The van der Waals surface area contributed by atoms with E-state index in [1.807, 2.05) is 47.1 Å². The molecule has 1 aromatic rings. The molecule has 19 heavy (non-hydrogen) atoms. The van der Waals surface area contributed by atoms with Crippen molar-refractivity contribution in [1.29, 1.82) is 0 Å². The van der Waals surface area contributed by atoms with E-state index in [4.69, 9.17) is 0 Å². The van der Waals surface area contributed by atoms with Crippen molar-refractivity contribution >= 4 is 11.8 Å². The van der Waals surface area contributed by atoms with Crippen molar-refractivity contribution in [2.45, 2.75) is 19.4 Å². The minimum absolute atomic E-state index is 0.0762. The summed E-state index contributed by atoms with van der Waals surface area (Å²) in [7, 11) is 0. The fourth-order valence-corrected chi connectivity index (χ4v) is 3.09. The standard InChI is InChI=1S/C15H18N2O2/c1-11-9-13-10-16(7-8-17(13)14(11)18)15(19)12-5-3-2-4-6-12/h2-6,11,13H,7-10H2,1H3/t11-,13+/m0/s1. The van der Waals surface area contributed by atoms with E-state index >= 15 is 0 Å². The van der Waals surface area contributed by atoms with Gasteiger partial charge < -0.3 is 9.80 Å². The lowest BCUT2D eigenvalue weighted by molar-refractivity contribution is -0.132.